The molecule has 2 aliphatic heterocycles. The molecular formula is C8H15NO. The van der Waals surface area contributed by atoms with E-state index in [1.807, 2.05) is 6.92 Å². The SMILES string of the molecule is CC(O)[C@]12CC[C@H](CC1)N2. The predicted octanol–water partition coefficient (Wildman–Crippen LogP) is 0.652. The van der Waals surface area contributed by atoms with Gasteiger partial charge >= 0.3 is 0 Å². The Morgan fingerprint density at radius 2 is 2.10 bits per heavy atom. The smallest absolute Gasteiger partial charge is 0.0693 e. The van der Waals surface area contributed by atoms with Crippen molar-refractivity contribution in [2.24, 2.45) is 0 Å². The van der Waals surface area contributed by atoms with E-state index in [9.17, 15) is 5.11 Å². The Balaban J connectivity index is 2.15. The van der Waals surface area contributed by atoms with Gasteiger partial charge in [0.15, 0.2) is 0 Å². The maximum absolute atomic E-state index is 9.47. The number of rotatable bonds is 1. The number of hydrogen-bond donors (Lipinski definition) is 2. The van der Waals surface area contributed by atoms with Crippen LogP contribution >= 0.6 is 0 Å². The third kappa shape index (κ3) is 0.722. The van der Waals surface area contributed by atoms with Crippen LogP contribution in [0.15, 0.2) is 0 Å². The van der Waals surface area contributed by atoms with Crippen LogP contribution in [0, 0.1) is 0 Å². The van der Waals surface area contributed by atoms with Crippen LogP contribution in [0.5, 0.6) is 0 Å². The molecule has 0 aromatic carbocycles. The van der Waals surface area contributed by atoms with E-state index in [1.54, 1.807) is 0 Å². The van der Waals surface area contributed by atoms with Crippen LogP contribution in [0.2, 0.25) is 0 Å². The molecule has 0 saturated carbocycles. The van der Waals surface area contributed by atoms with Crippen molar-refractivity contribution in [3.05, 3.63) is 0 Å². The van der Waals surface area contributed by atoms with Crippen molar-refractivity contribution in [1.29, 1.82) is 0 Å². The lowest BCUT2D eigenvalue weighted by Crippen LogP contribution is -2.46. The van der Waals surface area contributed by atoms with Crippen LogP contribution in [0.4, 0.5) is 0 Å². The molecule has 58 valence electrons. The minimum atomic E-state index is -0.167. The zero-order chi connectivity index (χ0) is 7.19. The van der Waals surface area contributed by atoms with E-state index in [0.29, 0.717) is 0 Å². The third-order valence-corrected chi connectivity index (χ3v) is 3.17. The molecule has 2 nitrogen and oxygen atoms in total. The molecule has 0 aliphatic carbocycles. The minimum Gasteiger partial charge on any atom is -0.391 e. The van der Waals surface area contributed by atoms with Crippen molar-refractivity contribution in [3.8, 4) is 0 Å². The Morgan fingerprint density at radius 1 is 1.50 bits per heavy atom. The van der Waals surface area contributed by atoms with Gasteiger partial charge in [0.2, 0.25) is 0 Å². The van der Waals surface area contributed by atoms with Gasteiger partial charge in [-0.15, -0.1) is 0 Å². The molecular weight excluding hydrogens is 126 g/mol. The van der Waals surface area contributed by atoms with Gasteiger partial charge in [-0.05, 0) is 32.6 Å². The van der Waals surface area contributed by atoms with Gasteiger partial charge in [0, 0.05) is 11.6 Å². The summed E-state index contributed by atoms with van der Waals surface area (Å²) in [4.78, 5) is 0. The van der Waals surface area contributed by atoms with Gasteiger partial charge in [-0.25, -0.2) is 0 Å². The fourth-order valence-electron chi connectivity index (χ4n) is 2.37. The predicted molar refractivity (Wildman–Crippen MR) is 39.8 cm³/mol. The number of hydrogen-bond acceptors (Lipinski definition) is 2. The summed E-state index contributed by atoms with van der Waals surface area (Å²) in [6, 6.07) is 0.717. The van der Waals surface area contributed by atoms with Crippen molar-refractivity contribution in [2.45, 2.75) is 50.3 Å². The molecule has 2 fully saturated rings. The molecule has 2 heteroatoms. The first-order valence-corrected chi connectivity index (χ1v) is 4.19. The molecule has 10 heavy (non-hydrogen) atoms. The fourth-order valence-corrected chi connectivity index (χ4v) is 2.37. The quantitative estimate of drug-likeness (QED) is 0.562. The highest BCUT2D eigenvalue weighted by atomic mass is 16.3. The van der Waals surface area contributed by atoms with Gasteiger partial charge < -0.3 is 10.4 Å². The lowest BCUT2D eigenvalue weighted by molar-refractivity contribution is 0.0907. The average Bonchev–Trinajstić information content (AvgIpc) is 2.45. The van der Waals surface area contributed by atoms with Gasteiger partial charge in [0.1, 0.15) is 0 Å². The van der Waals surface area contributed by atoms with Crippen molar-refractivity contribution in [3.63, 3.8) is 0 Å². The van der Waals surface area contributed by atoms with E-state index in [-0.39, 0.29) is 11.6 Å². The summed E-state index contributed by atoms with van der Waals surface area (Å²) in [7, 11) is 0. The van der Waals surface area contributed by atoms with Crippen LogP contribution in [0.1, 0.15) is 32.6 Å². The van der Waals surface area contributed by atoms with Gasteiger partial charge in [-0.1, -0.05) is 0 Å². The standard InChI is InChI=1S/C8H15NO/c1-6(10)8-4-2-7(9-8)3-5-8/h6-7,9-10H,2-5H2,1H3/t6?,7-,8+. The summed E-state index contributed by atoms with van der Waals surface area (Å²) >= 11 is 0. The number of aliphatic hydroxyl groups excluding tert-OH is 1. The lowest BCUT2D eigenvalue weighted by atomic mass is 9.84. The van der Waals surface area contributed by atoms with Crippen LogP contribution in [-0.2, 0) is 0 Å². The maximum atomic E-state index is 9.47. The molecule has 1 atom stereocenters. The van der Waals surface area contributed by atoms with E-state index in [0.717, 1.165) is 6.04 Å². The topological polar surface area (TPSA) is 32.3 Å². The first-order chi connectivity index (χ1) is 4.73. The molecule has 0 aromatic heterocycles. The highest BCUT2D eigenvalue weighted by Crippen LogP contribution is 2.39. The van der Waals surface area contributed by atoms with Crippen LogP contribution in [0.3, 0.4) is 0 Å². The largest absolute Gasteiger partial charge is 0.391 e. The molecule has 1 unspecified atom stereocenters. The molecule has 0 radical (unpaired) electrons. The molecule has 2 bridgehead atoms. The second kappa shape index (κ2) is 1.95. The van der Waals surface area contributed by atoms with E-state index in [4.69, 9.17) is 0 Å². The average molecular weight is 141 g/mol. The van der Waals surface area contributed by atoms with Crippen LogP contribution in [0.25, 0.3) is 0 Å². The Labute approximate surface area is 61.6 Å². The summed E-state index contributed by atoms with van der Waals surface area (Å²) < 4.78 is 0. The van der Waals surface area contributed by atoms with E-state index >= 15 is 0 Å². The fraction of sp³-hybridized carbons (Fsp3) is 1.00. The van der Waals surface area contributed by atoms with E-state index < -0.39 is 0 Å². The maximum Gasteiger partial charge on any atom is 0.0693 e. The number of nitrogens with one attached hydrogen (secondary N) is 1. The summed E-state index contributed by atoms with van der Waals surface area (Å²) in [5.74, 6) is 0. The summed E-state index contributed by atoms with van der Waals surface area (Å²) in [5.41, 5.74) is 0.116. The first-order valence-electron chi connectivity index (χ1n) is 4.19. The molecule has 2 saturated heterocycles. The highest BCUT2D eigenvalue weighted by molar-refractivity contribution is 5.07. The molecule has 0 amide bonds. The minimum absolute atomic E-state index is 0.116. The summed E-state index contributed by atoms with van der Waals surface area (Å²) in [6.45, 7) is 1.90. The monoisotopic (exact) mass is 141 g/mol. The third-order valence-electron chi connectivity index (χ3n) is 3.17. The summed E-state index contributed by atoms with van der Waals surface area (Å²) in [5, 5.41) is 13.0. The summed E-state index contributed by atoms with van der Waals surface area (Å²) in [6.07, 6.45) is 4.72. The van der Waals surface area contributed by atoms with Crippen molar-refractivity contribution >= 4 is 0 Å². The molecule has 2 heterocycles. The van der Waals surface area contributed by atoms with E-state index in [2.05, 4.69) is 5.32 Å². The van der Waals surface area contributed by atoms with Crippen LogP contribution in [-0.4, -0.2) is 22.8 Å². The highest BCUT2D eigenvalue weighted by Gasteiger charge is 2.47. The van der Waals surface area contributed by atoms with Gasteiger partial charge in [-0.2, -0.15) is 0 Å². The lowest BCUT2D eigenvalue weighted by Gasteiger charge is -2.29. The normalized spacial score (nSPS) is 48.0. The van der Waals surface area contributed by atoms with Crippen LogP contribution < -0.4 is 5.32 Å². The Kier molecular flexibility index (Phi) is 1.29. The molecule has 2 aliphatic rings. The Morgan fingerprint density at radius 3 is 2.30 bits per heavy atom. The molecule has 2 N–H and O–H groups in total. The Bertz CT molecular complexity index is 136. The molecule has 0 spiro atoms. The van der Waals surface area contributed by atoms with E-state index in [1.165, 1.54) is 25.7 Å². The zero-order valence-electron chi connectivity index (χ0n) is 6.43. The number of fused-ring (bicyclic) bond motifs is 2. The van der Waals surface area contributed by atoms with Crippen molar-refractivity contribution < 1.29 is 5.11 Å². The van der Waals surface area contributed by atoms with Gasteiger partial charge in [-0.3, -0.25) is 0 Å². The Hall–Kier alpha value is -0.0800. The van der Waals surface area contributed by atoms with Crippen molar-refractivity contribution in [2.75, 3.05) is 0 Å². The van der Waals surface area contributed by atoms with Crippen molar-refractivity contribution in [1.82, 2.24) is 5.32 Å². The van der Waals surface area contributed by atoms with Gasteiger partial charge in [0.25, 0.3) is 0 Å². The molecule has 2 rings (SSSR count). The number of aliphatic hydroxyl groups is 1. The molecule has 0 aromatic rings. The first kappa shape index (κ1) is 6.62. The zero-order valence-corrected chi connectivity index (χ0v) is 6.43. The second-order valence-corrected chi connectivity index (χ2v) is 3.75. The van der Waals surface area contributed by atoms with Gasteiger partial charge in [0.05, 0.1) is 6.10 Å². The second-order valence-electron chi connectivity index (χ2n) is 3.75.